The zero-order valence-corrected chi connectivity index (χ0v) is 36.1. The van der Waals surface area contributed by atoms with E-state index in [1.165, 1.54) is 0 Å². The van der Waals surface area contributed by atoms with Crippen molar-refractivity contribution in [2.45, 2.75) is 0 Å². The third-order valence-electron chi connectivity index (χ3n) is 13.5. The van der Waals surface area contributed by atoms with Gasteiger partial charge >= 0.3 is 0 Å². The Labute approximate surface area is 386 Å². The van der Waals surface area contributed by atoms with Crippen LogP contribution in [0.15, 0.2) is 224 Å². The molecular formula is C62H37N5. The fourth-order valence-corrected chi connectivity index (χ4v) is 10.5. The molecule has 0 aliphatic heterocycles. The third kappa shape index (κ3) is 5.79. The van der Waals surface area contributed by atoms with Crippen molar-refractivity contribution in [3.8, 4) is 56.5 Å². The van der Waals surface area contributed by atoms with Crippen LogP contribution in [0.3, 0.4) is 0 Å². The highest BCUT2D eigenvalue weighted by Crippen LogP contribution is 2.48. The first-order chi connectivity index (χ1) is 33.2. The average molecular weight is 852 g/mol. The van der Waals surface area contributed by atoms with Gasteiger partial charge in [-0.3, -0.25) is 0 Å². The summed E-state index contributed by atoms with van der Waals surface area (Å²) in [7, 11) is 0. The van der Waals surface area contributed by atoms with Gasteiger partial charge in [0.15, 0.2) is 0 Å². The molecule has 0 unspecified atom stereocenters. The fourth-order valence-electron chi connectivity index (χ4n) is 10.5. The minimum Gasteiger partial charge on any atom is -0.317 e. The van der Waals surface area contributed by atoms with Gasteiger partial charge in [0.1, 0.15) is 6.07 Å². The van der Waals surface area contributed by atoms with Crippen LogP contribution in [-0.4, -0.2) is 13.7 Å². The normalized spacial score (nSPS) is 11.6. The molecule has 3 aromatic heterocycles. The number of fused-ring (bicyclic) bond motifs is 9. The summed E-state index contributed by atoms with van der Waals surface area (Å²) < 4.78 is 6.86. The number of nitrogens with zero attached hydrogens (tertiary/aromatic N) is 5. The molecule has 310 valence electrons. The zero-order chi connectivity index (χ0) is 44.6. The second-order valence-electron chi connectivity index (χ2n) is 17.1. The molecule has 0 bridgehead atoms. The lowest BCUT2D eigenvalue weighted by atomic mass is 10.0. The molecule has 0 atom stereocenters. The second-order valence-corrected chi connectivity index (χ2v) is 17.1. The van der Waals surface area contributed by atoms with Gasteiger partial charge in [0.05, 0.1) is 62.3 Å². The standard InChI is InChI=1S/C62H37N5/c1-64-53-38-46(39-63)60(65-54-26-14-11-23-47(54)50-35-43(29-32-57(50)65)40-17-5-2-6-18-40)62(67-56-28-16-13-25-49(56)52-37-45(31-34-59(52)67)42-21-9-4-10-22-42)61(53)66-55-27-15-12-24-48(55)51-36-44(30-33-58(51)66)41-19-7-3-8-20-41/h2-38H. The van der Waals surface area contributed by atoms with Crippen LogP contribution in [0.4, 0.5) is 5.69 Å². The van der Waals surface area contributed by atoms with Crippen LogP contribution in [0.1, 0.15) is 5.56 Å². The number of nitriles is 1. The highest BCUT2D eigenvalue weighted by molar-refractivity contribution is 6.16. The van der Waals surface area contributed by atoms with E-state index in [0.717, 1.165) is 104 Å². The molecule has 5 heteroatoms. The third-order valence-corrected chi connectivity index (χ3v) is 13.5. The van der Waals surface area contributed by atoms with Gasteiger partial charge in [0.25, 0.3) is 0 Å². The first-order valence-corrected chi connectivity index (χ1v) is 22.4. The predicted octanol–water partition coefficient (Wildman–Crippen LogP) is 16.4. The van der Waals surface area contributed by atoms with Crippen LogP contribution < -0.4 is 0 Å². The lowest BCUT2D eigenvalue weighted by Crippen LogP contribution is -2.11. The van der Waals surface area contributed by atoms with Gasteiger partial charge < -0.3 is 13.7 Å². The first-order valence-electron chi connectivity index (χ1n) is 22.4. The fraction of sp³-hybridized carbons (Fsp3) is 0. The Morgan fingerprint density at radius 3 is 1.01 bits per heavy atom. The van der Waals surface area contributed by atoms with Gasteiger partial charge in [-0.2, -0.15) is 5.26 Å². The predicted molar refractivity (Wildman–Crippen MR) is 277 cm³/mol. The molecular weight excluding hydrogens is 815 g/mol. The molecule has 0 N–H and O–H groups in total. The quantitative estimate of drug-likeness (QED) is 0.154. The van der Waals surface area contributed by atoms with Crippen molar-refractivity contribution in [3.05, 3.63) is 241 Å². The average Bonchev–Trinajstić information content (AvgIpc) is 4.03. The molecule has 5 nitrogen and oxygen atoms in total. The minimum absolute atomic E-state index is 0.379. The summed E-state index contributed by atoms with van der Waals surface area (Å²) in [6, 6.07) is 81.3. The van der Waals surface area contributed by atoms with Crippen molar-refractivity contribution in [2.75, 3.05) is 0 Å². The summed E-state index contributed by atoms with van der Waals surface area (Å²) in [5, 5.41) is 17.9. The van der Waals surface area contributed by atoms with Gasteiger partial charge in [-0.15, -0.1) is 0 Å². The molecule has 67 heavy (non-hydrogen) atoms. The SMILES string of the molecule is [C-]#[N+]c1cc(C#N)c(-n2c3ccccc3c3cc(-c4ccccc4)ccc32)c(-n2c3ccccc3c3cc(-c4ccccc4)ccc32)c1-n1c2ccccc2c2cc(-c3ccccc3)ccc21. The summed E-state index contributed by atoms with van der Waals surface area (Å²) >= 11 is 0. The monoisotopic (exact) mass is 851 g/mol. The van der Waals surface area contributed by atoms with E-state index in [1.54, 1.807) is 6.07 Å². The van der Waals surface area contributed by atoms with Crippen molar-refractivity contribution in [3.63, 3.8) is 0 Å². The lowest BCUT2D eigenvalue weighted by molar-refractivity contribution is 1.05. The molecule has 0 aliphatic rings. The molecule has 13 aromatic rings. The summed E-state index contributed by atoms with van der Waals surface area (Å²) in [5.74, 6) is 0. The van der Waals surface area contributed by atoms with E-state index in [9.17, 15) is 5.26 Å². The van der Waals surface area contributed by atoms with Crippen LogP contribution >= 0.6 is 0 Å². The Hall–Kier alpha value is -9.42. The first kappa shape index (κ1) is 38.1. The maximum absolute atomic E-state index is 11.5. The van der Waals surface area contributed by atoms with E-state index in [2.05, 4.69) is 225 Å². The number of para-hydroxylation sites is 3. The largest absolute Gasteiger partial charge is 0.317 e. The summed E-state index contributed by atoms with van der Waals surface area (Å²) in [4.78, 5) is 4.35. The topological polar surface area (TPSA) is 42.9 Å². The molecule has 3 heterocycles. The van der Waals surface area contributed by atoms with E-state index in [4.69, 9.17) is 6.57 Å². The van der Waals surface area contributed by atoms with Gasteiger partial charge in [-0.05, 0) is 94.0 Å². The lowest BCUT2D eigenvalue weighted by Gasteiger charge is -2.24. The molecule has 0 saturated heterocycles. The van der Waals surface area contributed by atoms with Crippen molar-refractivity contribution in [1.82, 2.24) is 13.7 Å². The van der Waals surface area contributed by atoms with Gasteiger partial charge in [-0.1, -0.05) is 164 Å². The number of hydrogen-bond donors (Lipinski definition) is 0. The number of rotatable bonds is 6. The Kier molecular flexibility index (Phi) is 8.58. The van der Waals surface area contributed by atoms with Crippen molar-refractivity contribution >= 4 is 71.1 Å². The molecule has 0 fully saturated rings. The van der Waals surface area contributed by atoms with Gasteiger partial charge in [-0.25, -0.2) is 4.85 Å². The molecule has 0 radical (unpaired) electrons. The molecule has 0 spiro atoms. The maximum Gasteiger partial charge on any atom is 0.214 e. The Morgan fingerprint density at radius 1 is 0.313 bits per heavy atom. The van der Waals surface area contributed by atoms with Crippen LogP contribution in [-0.2, 0) is 0 Å². The molecule has 0 amide bonds. The Balaban J connectivity index is 1.23. The zero-order valence-electron chi connectivity index (χ0n) is 36.1. The molecule has 10 aromatic carbocycles. The highest BCUT2D eigenvalue weighted by Gasteiger charge is 2.30. The number of benzene rings is 10. The Morgan fingerprint density at radius 2 is 0.642 bits per heavy atom. The smallest absolute Gasteiger partial charge is 0.214 e. The van der Waals surface area contributed by atoms with Crippen molar-refractivity contribution in [2.24, 2.45) is 0 Å². The Bertz CT molecular complexity index is 4020. The number of hydrogen-bond acceptors (Lipinski definition) is 1. The molecule has 0 saturated carbocycles. The van der Waals surface area contributed by atoms with E-state index in [0.29, 0.717) is 22.6 Å². The van der Waals surface area contributed by atoms with Gasteiger partial charge in [0, 0.05) is 32.3 Å². The van der Waals surface area contributed by atoms with Crippen LogP contribution in [0.5, 0.6) is 0 Å². The number of aromatic nitrogens is 3. The minimum atomic E-state index is 0.379. The summed E-state index contributed by atoms with van der Waals surface area (Å²) in [6.45, 7) is 8.99. The molecule has 0 aliphatic carbocycles. The van der Waals surface area contributed by atoms with E-state index < -0.39 is 0 Å². The van der Waals surface area contributed by atoms with E-state index >= 15 is 0 Å². The van der Waals surface area contributed by atoms with E-state index in [1.807, 2.05) is 18.2 Å². The van der Waals surface area contributed by atoms with Crippen LogP contribution in [0.2, 0.25) is 0 Å². The highest BCUT2D eigenvalue weighted by atomic mass is 15.1. The van der Waals surface area contributed by atoms with E-state index in [-0.39, 0.29) is 0 Å². The van der Waals surface area contributed by atoms with Gasteiger partial charge in [0.2, 0.25) is 5.69 Å². The summed E-state index contributed by atoms with van der Waals surface area (Å²) in [5.41, 5.74) is 15.4. The summed E-state index contributed by atoms with van der Waals surface area (Å²) in [6.07, 6.45) is 0. The van der Waals surface area contributed by atoms with Crippen LogP contribution in [0.25, 0.3) is 121 Å². The van der Waals surface area contributed by atoms with Crippen LogP contribution in [0, 0.1) is 17.9 Å². The van der Waals surface area contributed by atoms with Crippen molar-refractivity contribution < 1.29 is 0 Å². The molecule has 13 rings (SSSR count). The maximum atomic E-state index is 11.5. The van der Waals surface area contributed by atoms with Crippen molar-refractivity contribution in [1.29, 1.82) is 5.26 Å². The second kappa shape index (κ2) is 15.1.